The number of benzene rings is 1. The molecule has 12 heteroatoms. The molecule has 8 N–H and O–H groups in total. The Kier molecular flexibility index (Phi) is 5.51. The summed E-state index contributed by atoms with van der Waals surface area (Å²) in [5.74, 6) is -9.72. The molecule has 186 valence electrons. The normalized spacial score (nSPS) is 32.2. The van der Waals surface area contributed by atoms with Crippen LogP contribution in [0.25, 0.3) is 0 Å². The van der Waals surface area contributed by atoms with Gasteiger partial charge in [0.05, 0.1) is 29.3 Å². The van der Waals surface area contributed by atoms with Crippen molar-refractivity contribution in [3.8, 4) is 5.75 Å². The smallest absolute Gasteiger partial charge is 0.255 e. The molecule has 1 aromatic rings. The third-order valence-electron chi connectivity index (χ3n) is 7.35. The van der Waals surface area contributed by atoms with Crippen molar-refractivity contribution in [2.24, 2.45) is 17.6 Å². The van der Waals surface area contributed by atoms with Gasteiger partial charge in [0, 0.05) is 11.5 Å². The molecule has 0 unspecified atom stereocenters. The van der Waals surface area contributed by atoms with Crippen LogP contribution in [-0.4, -0.2) is 86.2 Å². The van der Waals surface area contributed by atoms with Crippen LogP contribution in [0.4, 0.5) is 5.69 Å². The van der Waals surface area contributed by atoms with Crippen molar-refractivity contribution >= 4 is 29.6 Å². The molecule has 35 heavy (non-hydrogen) atoms. The summed E-state index contributed by atoms with van der Waals surface area (Å²) in [7, 11) is 2.92. The van der Waals surface area contributed by atoms with Crippen LogP contribution in [0.5, 0.6) is 5.75 Å². The Balaban J connectivity index is 2.04. The van der Waals surface area contributed by atoms with Crippen LogP contribution in [0.2, 0.25) is 0 Å². The fourth-order valence-electron chi connectivity index (χ4n) is 5.80. The first kappa shape index (κ1) is 24.4. The van der Waals surface area contributed by atoms with E-state index in [1.165, 1.54) is 31.1 Å². The molecule has 3 aliphatic rings. The lowest BCUT2D eigenvalue weighted by Gasteiger charge is -2.53. The van der Waals surface area contributed by atoms with Gasteiger partial charge in [0.25, 0.3) is 5.91 Å². The van der Waals surface area contributed by atoms with E-state index >= 15 is 0 Å². The van der Waals surface area contributed by atoms with Crippen LogP contribution in [0.15, 0.2) is 34.8 Å². The van der Waals surface area contributed by atoms with E-state index in [1.54, 1.807) is 6.92 Å². The fourth-order valence-corrected chi connectivity index (χ4v) is 5.80. The molecule has 0 fully saturated rings. The number of ketones is 2. The van der Waals surface area contributed by atoms with Gasteiger partial charge in [-0.2, -0.15) is 0 Å². The average Bonchev–Trinajstić information content (AvgIpc) is 2.77. The van der Waals surface area contributed by atoms with Gasteiger partial charge in [0.15, 0.2) is 17.1 Å². The van der Waals surface area contributed by atoms with Crippen molar-refractivity contribution in [1.82, 2.24) is 4.90 Å². The maximum atomic E-state index is 13.6. The predicted molar refractivity (Wildman–Crippen MR) is 119 cm³/mol. The van der Waals surface area contributed by atoms with E-state index < -0.39 is 81.4 Å². The molecule has 0 spiro atoms. The summed E-state index contributed by atoms with van der Waals surface area (Å²) in [5.41, 5.74) is 0.755. The van der Waals surface area contributed by atoms with Crippen LogP contribution in [-0.2, 0) is 14.4 Å². The second-order valence-corrected chi connectivity index (χ2v) is 9.24. The van der Waals surface area contributed by atoms with Crippen molar-refractivity contribution in [3.05, 3.63) is 45.9 Å². The summed E-state index contributed by atoms with van der Waals surface area (Å²) in [6.07, 6.45) is -1.37. The van der Waals surface area contributed by atoms with Crippen molar-refractivity contribution < 1.29 is 44.7 Å². The predicted octanol–water partition coefficient (Wildman–Crippen LogP) is -0.779. The van der Waals surface area contributed by atoms with E-state index in [0.717, 1.165) is 0 Å². The number of likely N-dealkylation sites (N-methyl/N-ethyl adjacent to an activating group) is 1. The largest absolute Gasteiger partial charge is 0.510 e. The molecule has 0 radical (unpaired) electrons. The Hall–Kier alpha value is -3.74. The van der Waals surface area contributed by atoms with Crippen molar-refractivity contribution in [1.29, 1.82) is 0 Å². The van der Waals surface area contributed by atoms with Crippen LogP contribution >= 0.6 is 0 Å². The Morgan fingerprint density at radius 1 is 1.20 bits per heavy atom. The number of primary amides is 1. The standard InChI is InChI=1S/C23H25N3O9/c1-7-8-4-5-9(25-6-27)16(28)11(8)17(29)12-10(7)18(30)14-15(26(2)3)19(31)13(22(24)34)21(33)23(14,35)20(12)32/h4-7,10,14-15,18,28,30-32,35H,1-3H3,(H2,24,34)(H,25,27)/t7-,10+,14+,15-,18-,23-/m1/s1. The van der Waals surface area contributed by atoms with Crippen LogP contribution in [0.3, 0.4) is 0 Å². The number of Topliss-reactive ketones (excluding diaryl/α,β-unsaturated/α-hetero) is 2. The topological polar surface area (TPSA) is 211 Å². The zero-order chi connectivity index (χ0) is 26.1. The van der Waals surface area contributed by atoms with E-state index in [1.807, 2.05) is 0 Å². The first-order valence-corrected chi connectivity index (χ1v) is 10.7. The van der Waals surface area contributed by atoms with E-state index in [9.17, 15) is 44.7 Å². The molecule has 3 aliphatic carbocycles. The van der Waals surface area contributed by atoms with Gasteiger partial charge < -0.3 is 36.6 Å². The molecule has 1 aromatic carbocycles. The van der Waals surface area contributed by atoms with Crippen LogP contribution < -0.4 is 11.1 Å². The zero-order valence-corrected chi connectivity index (χ0v) is 19.0. The number of nitrogens with zero attached hydrogens (tertiary/aromatic N) is 1. The summed E-state index contributed by atoms with van der Waals surface area (Å²) >= 11 is 0. The quantitative estimate of drug-likeness (QED) is 0.160. The van der Waals surface area contributed by atoms with E-state index in [-0.39, 0.29) is 11.3 Å². The number of fused-ring (bicyclic) bond motifs is 3. The fraction of sp³-hybridized carbons (Fsp3) is 0.391. The van der Waals surface area contributed by atoms with Gasteiger partial charge in [-0.05, 0) is 31.6 Å². The van der Waals surface area contributed by atoms with Crippen molar-refractivity contribution in [2.45, 2.75) is 30.6 Å². The highest BCUT2D eigenvalue weighted by atomic mass is 16.4. The van der Waals surface area contributed by atoms with E-state index in [4.69, 9.17) is 5.73 Å². The second kappa shape index (κ2) is 7.90. The zero-order valence-electron chi connectivity index (χ0n) is 19.0. The number of anilines is 1. The first-order valence-electron chi connectivity index (χ1n) is 10.7. The number of aliphatic hydroxyl groups excluding tert-OH is 3. The molecular weight excluding hydrogens is 462 g/mol. The molecule has 2 amide bonds. The molecule has 0 aliphatic heterocycles. The molecule has 0 saturated carbocycles. The number of aromatic hydroxyl groups is 1. The maximum Gasteiger partial charge on any atom is 0.255 e. The minimum Gasteiger partial charge on any atom is -0.510 e. The summed E-state index contributed by atoms with van der Waals surface area (Å²) in [5, 5.41) is 58.0. The van der Waals surface area contributed by atoms with Crippen molar-refractivity contribution in [2.75, 3.05) is 19.4 Å². The van der Waals surface area contributed by atoms with E-state index in [0.29, 0.717) is 12.0 Å². The second-order valence-electron chi connectivity index (χ2n) is 9.24. The number of aliphatic hydroxyl groups is 4. The van der Waals surface area contributed by atoms with Gasteiger partial charge in [0.2, 0.25) is 12.2 Å². The summed E-state index contributed by atoms with van der Waals surface area (Å²) in [6, 6.07) is 1.52. The minimum atomic E-state index is -2.97. The van der Waals surface area contributed by atoms with Gasteiger partial charge in [-0.25, -0.2) is 0 Å². The number of rotatable bonds is 4. The number of phenols is 1. The monoisotopic (exact) mass is 487 g/mol. The lowest BCUT2D eigenvalue weighted by Crippen LogP contribution is -2.68. The molecule has 0 aromatic heterocycles. The molecule has 0 saturated heterocycles. The number of carbonyl (C=O) groups excluding carboxylic acids is 4. The first-order chi connectivity index (χ1) is 16.3. The minimum absolute atomic E-state index is 0.0870. The average molecular weight is 487 g/mol. The molecule has 6 atom stereocenters. The number of hydrogen-bond donors (Lipinski definition) is 7. The lowest BCUT2D eigenvalue weighted by molar-refractivity contribution is -0.162. The molecule has 0 bridgehead atoms. The number of hydrogen-bond acceptors (Lipinski definition) is 10. The summed E-state index contributed by atoms with van der Waals surface area (Å²) in [4.78, 5) is 51.1. The molecule has 4 rings (SSSR count). The Morgan fingerprint density at radius 2 is 1.83 bits per heavy atom. The maximum absolute atomic E-state index is 13.6. The van der Waals surface area contributed by atoms with Gasteiger partial charge in [-0.1, -0.05) is 13.0 Å². The van der Waals surface area contributed by atoms with Gasteiger partial charge in [-0.15, -0.1) is 0 Å². The SMILES string of the molecule is C[C@@H]1c2ccc(NC=O)c(O)c2C(=O)C2=C(O)[C@@]3(O)C(=O)C(C(N)=O)=C(O)[C@H](N(C)C)[C@H]3[C@H](O)[C@H]21. The molecule has 12 nitrogen and oxygen atoms in total. The third kappa shape index (κ3) is 2.97. The lowest BCUT2D eigenvalue weighted by atomic mass is 9.55. The third-order valence-corrected chi connectivity index (χ3v) is 7.35. The van der Waals surface area contributed by atoms with Crippen LogP contribution in [0, 0.1) is 11.8 Å². The number of nitrogens with two attached hydrogens (primary N) is 1. The Bertz CT molecular complexity index is 1250. The number of nitrogens with one attached hydrogen (secondary N) is 1. The highest BCUT2D eigenvalue weighted by Gasteiger charge is 2.67. The summed E-state index contributed by atoms with van der Waals surface area (Å²) in [6.45, 7) is 1.61. The Morgan fingerprint density at radius 3 is 2.37 bits per heavy atom. The Labute approximate surface area is 199 Å². The number of carbonyl (C=O) groups is 4. The highest BCUT2D eigenvalue weighted by molar-refractivity contribution is 6.25. The molecule has 0 heterocycles. The van der Waals surface area contributed by atoms with Gasteiger partial charge in [0.1, 0.15) is 17.1 Å². The van der Waals surface area contributed by atoms with Gasteiger partial charge >= 0.3 is 0 Å². The van der Waals surface area contributed by atoms with E-state index in [2.05, 4.69) is 5.32 Å². The number of phenolic OH excluding ortho intramolecular Hbond substituents is 1. The number of amides is 2. The van der Waals surface area contributed by atoms with Crippen LogP contribution in [0.1, 0.15) is 28.8 Å². The highest BCUT2D eigenvalue weighted by Crippen LogP contribution is 2.55. The summed E-state index contributed by atoms with van der Waals surface area (Å²) < 4.78 is 0. The van der Waals surface area contributed by atoms with Crippen molar-refractivity contribution in [3.63, 3.8) is 0 Å². The molecular formula is C23H25N3O9. The van der Waals surface area contributed by atoms with Gasteiger partial charge in [-0.3, -0.25) is 24.1 Å².